The highest BCUT2D eigenvalue weighted by Crippen LogP contribution is 2.24. The summed E-state index contributed by atoms with van der Waals surface area (Å²) < 4.78 is 0. The predicted octanol–water partition coefficient (Wildman–Crippen LogP) is 2.61. The zero-order valence-corrected chi connectivity index (χ0v) is 13.5. The molecule has 23 heavy (non-hydrogen) atoms. The van der Waals surface area contributed by atoms with Crippen molar-refractivity contribution in [2.24, 2.45) is 0 Å². The predicted molar refractivity (Wildman–Crippen MR) is 91.0 cm³/mol. The number of anilines is 1. The highest BCUT2D eigenvalue weighted by Gasteiger charge is 2.23. The number of piperidine rings is 1. The van der Waals surface area contributed by atoms with Crippen LogP contribution in [-0.2, 0) is 6.61 Å². The van der Waals surface area contributed by atoms with Crippen LogP contribution in [0.1, 0.15) is 36.9 Å². The molecule has 1 atom stereocenters. The maximum atomic E-state index is 9.21. The second-order valence-electron chi connectivity index (χ2n) is 6.12. The molecule has 0 radical (unpaired) electrons. The molecule has 0 amide bonds. The number of rotatable bonds is 5. The minimum absolute atomic E-state index is 0.0547. The summed E-state index contributed by atoms with van der Waals surface area (Å²) in [7, 11) is 0. The molecule has 2 aromatic heterocycles. The summed E-state index contributed by atoms with van der Waals surface area (Å²) in [6.07, 6.45) is 7.66. The van der Waals surface area contributed by atoms with Gasteiger partial charge in [0.2, 0.25) is 0 Å². The van der Waals surface area contributed by atoms with Crippen LogP contribution in [0.15, 0.2) is 42.9 Å². The number of pyridine rings is 2. The van der Waals surface area contributed by atoms with E-state index in [-0.39, 0.29) is 6.61 Å². The van der Waals surface area contributed by atoms with Gasteiger partial charge in [0.15, 0.2) is 0 Å². The van der Waals surface area contributed by atoms with Crippen LogP contribution >= 0.6 is 0 Å². The van der Waals surface area contributed by atoms with E-state index in [1.165, 1.54) is 5.56 Å². The van der Waals surface area contributed by atoms with E-state index in [0.29, 0.717) is 12.1 Å². The van der Waals surface area contributed by atoms with Gasteiger partial charge in [-0.05, 0) is 55.2 Å². The second-order valence-corrected chi connectivity index (χ2v) is 6.12. The first-order chi connectivity index (χ1) is 11.3. The molecule has 3 rings (SSSR count). The Morgan fingerprint density at radius 1 is 1.22 bits per heavy atom. The van der Waals surface area contributed by atoms with Gasteiger partial charge in [0, 0.05) is 43.8 Å². The first kappa shape index (κ1) is 15.9. The molecule has 0 spiro atoms. The summed E-state index contributed by atoms with van der Waals surface area (Å²) in [5.74, 6) is 0.859. The smallest absolute Gasteiger partial charge is 0.126 e. The fourth-order valence-corrected chi connectivity index (χ4v) is 3.14. The third kappa shape index (κ3) is 4.06. The lowest BCUT2D eigenvalue weighted by Crippen LogP contribution is -2.40. The minimum Gasteiger partial charge on any atom is -0.392 e. The molecule has 2 N–H and O–H groups in total. The van der Waals surface area contributed by atoms with Gasteiger partial charge in [-0.15, -0.1) is 0 Å². The number of nitrogens with one attached hydrogen (secondary N) is 1. The molecule has 0 aromatic carbocycles. The summed E-state index contributed by atoms with van der Waals surface area (Å²) >= 11 is 0. The maximum Gasteiger partial charge on any atom is 0.126 e. The molecular formula is C18H24N4O. The Morgan fingerprint density at radius 3 is 2.65 bits per heavy atom. The zero-order valence-electron chi connectivity index (χ0n) is 13.5. The fourth-order valence-electron chi connectivity index (χ4n) is 3.14. The maximum absolute atomic E-state index is 9.21. The van der Waals surface area contributed by atoms with Crippen LogP contribution in [0.2, 0.25) is 0 Å². The van der Waals surface area contributed by atoms with Crippen molar-refractivity contribution in [3.63, 3.8) is 0 Å². The quantitative estimate of drug-likeness (QED) is 0.888. The van der Waals surface area contributed by atoms with Crippen LogP contribution in [-0.4, -0.2) is 39.1 Å². The zero-order chi connectivity index (χ0) is 16.1. The van der Waals surface area contributed by atoms with E-state index in [2.05, 4.69) is 39.2 Å². The Kier molecular flexibility index (Phi) is 5.20. The average molecular weight is 312 g/mol. The first-order valence-corrected chi connectivity index (χ1v) is 8.22. The van der Waals surface area contributed by atoms with Crippen molar-refractivity contribution in [2.75, 3.05) is 18.4 Å². The highest BCUT2D eigenvalue weighted by molar-refractivity contribution is 5.38. The number of nitrogens with zero attached hydrogens (tertiary/aromatic N) is 3. The van der Waals surface area contributed by atoms with Gasteiger partial charge < -0.3 is 10.4 Å². The summed E-state index contributed by atoms with van der Waals surface area (Å²) in [4.78, 5) is 11.0. The molecule has 5 heteroatoms. The van der Waals surface area contributed by atoms with E-state index in [1.54, 1.807) is 6.20 Å². The summed E-state index contributed by atoms with van der Waals surface area (Å²) in [5.41, 5.74) is 2.22. The van der Waals surface area contributed by atoms with Crippen molar-refractivity contribution in [3.05, 3.63) is 54.0 Å². The van der Waals surface area contributed by atoms with E-state index in [4.69, 9.17) is 0 Å². The number of aliphatic hydroxyl groups is 1. The Hall–Kier alpha value is -1.98. The molecule has 1 fully saturated rings. The third-order valence-electron chi connectivity index (χ3n) is 4.62. The van der Waals surface area contributed by atoms with E-state index in [9.17, 15) is 5.11 Å². The number of aromatic nitrogens is 2. The molecule has 5 nitrogen and oxygen atoms in total. The van der Waals surface area contributed by atoms with Gasteiger partial charge in [-0.25, -0.2) is 4.98 Å². The van der Waals surface area contributed by atoms with Crippen molar-refractivity contribution in [1.29, 1.82) is 0 Å². The van der Waals surface area contributed by atoms with Gasteiger partial charge >= 0.3 is 0 Å². The first-order valence-electron chi connectivity index (χ1n) is 8.22. The third-order valence-corrected chi connectivity index (χ3v) is 4.62. The molecule has 1 aliphatic rings. The standard InChI is InChI=1S/C18H24N4O/c1-14(16-3-7-19-8-4-16)22-10-5-17(6-11-22)21-18-12-15(13-23)2-9-20-18/h2-4,7-9,12,14,17,23H,5-6,10-11,13H2,1H3,(H,20,21). The van der Waals surface area contributed by atoms with Crippen LogP contribution in [0.5, 0.6) is 0 Å². The number of aliphatic hydroxyl groups excluding tert-OH is 1. The van der Waals surface area contributed by atoms with E-state index < -0.39 is 0 Å². The molecule has 0 saturated carbocycles. The number of hydrogen-bond donors (Lipinski definition) is 2. The van der Waals surface area contributed by atoms with Crippen LogP contribution in [0.3, 0.4) is 0 Å². The lowest BCUT2D eigenvalue weighted by molar-refractivity contribution is 0.167. The van der Waals surface area contributed by atoms with Crippen molar-refractivity contribution in [3.8, 4) is 0 Å². The Labute approximate surface area is 137 Å². The van der Waals surface area contributed by atoms with Gasteiger partial charge in [0.05, 0.1) is 6.61 Å². The summed E-state index contributed by atoms with van der Waals surface area (Å²) in [6, 6.07) is 8.82. The Bertz CT molecular complexity index is 611. The molecule has 1 saturated heterocycles. The average Bonchev–Trinajstić information content (AvgIpc) is 2.63. The number of hydrogen-bond acceptors (Lipinski definition) is 5. The Morgan fingerprint density at radius 2 is 1.96 bits per heavy atom. The summed E-state index contributed by atoms with van der Waals surface area (Å²) in [5, 5.41) is 12.7. The SMILES string of the molecule is CC(c1ccncc1)N1CCC(Nc2cc(CO)ccn2)CC1. The number of likely N-dealkylation sites (tertiary alicyclic amines) is 1. The molecule has 122 valence electrons. The lowest BCUT2D eigenvalue weighted by atomic mass is 10.0. The highest BCUT2D eigenvalue weighted by atomic mass is 16.3. The van der Waals surface area contributed by atoms with Gasteiger partial charge in [-0.2, -0.15) is 0 Å². The fraction of sp³-hybridized carbons (Fsp3) is 0.444. The van der Waals surface area contributed by atoms with Crippen LogP contribution in [0.4, 0.5) is 5.82 Å². The molecule has 1 aliphatic heterocycles. The van der Waals surface area contributed by atoms with Crippen LogP contribution in [0.25, 0.3) is 0 Å². The van der Waals surface area contributed by atoms with Gasteiger partial charge in [-0.1, -0.05) is 0 Å². The van der Waals surface area contributed by atoms with E-state index in [0.717, 1.165) is 37.3 Å². The van der Waals surface area contributed by atoms with Crippen molar-refractivity contribution >= 4 is 5.82 Å². The molecule has 0 bridgehead atoms. The Balaban J connectivity index is 1.54. The largest absolute Gasteiger partial charge is 0.392 e. The van der Waals surface area contributed by atoms with Gasteiger partial charge in [0.1, 0.15) is 5.82 Å². The molecule has 3 heterocycles. The van der Waals surface area contributed by atoms with Gasteiger partial charge in [-0.3, -0.25) is 9.88 Å². The topological polar surface area (TPSA) is 61.3 Å². The van der Waals surface area contributed by atoms with Crippen LogP contribution < -0.4 is 5.32 Å². The normalized spacial score (nSPS) is 17.8. The minimum atomic E-state index is 0.0547. The summed E-state index contributed by atoms with van der Waals surface area (Å²) in [6.45, 7) is 4.45. The van der Waals surface area contributed by atoms with E-state index in [1.807, 2.05) is 24.5 Å². The molecule has 1 unspecified atom stereocenters. The molecular weight excluding hydrogens is 288 g/mol. The monoisotopic (exact) mass is 312 g/mol. The van der Waals surface area contributed by atoms with Crippen molar-refractivity contribution in [2.45, 2.75) is 38.5 Å². The second kappa shape index (κ2) is 7.53. The molecule has 0 aliphatic carbocycles. The van der Waals surface area contributed by atoms with E-state index >= 15 is 0 Å². The van der Waals surface area contributed by atoms with Gasteiger partial charge in [0.25, 0.3) is 0 Å². The lowest BCUT2D eigenvalue weighted by Gasteiger charge is -2.36. The van der Waals surface area contributed by atoms with Crippen molar-refractivity contribution < 1.29 is 5.11 Å². The van der Waals surface area contributed by atoms with Crippen LogP contribution in [0, 0.1) is 0 Å². The molecule has 2 aromatic rings. The van der Waals surface area contributed by atoms with Crippen molar-refractivity contribution in [1.82, 2.24) is 14.9 Å².